The summed E-state index contributed by atoms with van der Waals surface area (Å²) in [5.74, 6) is 2.79. The summed E-state index contributed by atoms with van der Waals surface area (Å²) < 4.78 is 0. The number of carbonyl (C=O) groups excluding carboxylic acids is 1. The lowest BCUT2D eigenvalue weighted by Crippen LogP contribution is -1.98. The molecule has 0 amide bonds. The second-order valence-electron chi connectivity index (χ2n) is 3.11. The molecule has 0 saturated heterocycles. The van der Waals surface area contributed by atoms with Crippen molar-refractivity contribution in [3.8, 4) is 12.3 Å². The highest BCUT2D eigenvalue weighted by Crippen LogP contribution is 2.19. The van der Waals surface area contributed by atoms with Crippen molar-refractivity contribution in [1.82, 2.24) is 0 Å². The molecular weight excluding hydrogens is 192 g/mol. The minimum Gasteiger partial charge on any atom is -0.293 e. The molecule has 0 aliphatic heterocycles. The van der Waals surface area contributed by atoms with Gasteiger partial charge < -0.3 is 0 Å². The predicted octanol–water partition coefficient (Wildman–Crippen LogP) is 3.30. The second-order valence-corrected chi connectivity index (χ2v) is 4.03. The Morgan fingerprint density at radius 2 is 2.43 bits per heavy atom. The predicted molar refractivity (Wildman–Crippen MR) is 60.7 cm³/mol. The van der Waals surface area contributed by atoms with E-state index in [0.29, 0.717) is 12.8 Å². The van der Waals surface area contributed by atoms with Gasteiger partial charge in [-0.2, -0.15) is 0 Å². The highest BCUT2D eigenvalue weighted by Gasteiger charge is 2.10. The van der Waals surface area contributed by atoms with Gasteiger partial charge >= 0.3 is 0 Å². The molecule has 74 valence electrons. The van der Waals surface area contributed by atoms with Gasteiger partial charge in [0.2, 0.25) is 0 Å². The zero-order valence-electron chi connectivity index (χ0n) is 8.38. The number of rotatable bonds is 5. The zero-order valence-corrected chi connectivity index (χ0v) is 9.19. The third kappa shape index (κ3) is 2.71. The van der Waals surface area contributed by atoms with Gasteiger partial charge in [-0.1, -0.05) is 6.92 Å². The SMILES string of the molecule is C#CCCCC(=O)c1sccc1CC. The van der Waals surface area contributed by atoms with E-state index in [-0.39, 0.29) is 5.78 Å². The molecule has 0 saturated carbocycles. The molecule has 1 aromatic heterocycles. The molecule has 1 nitrogen and oxygen atoms in total. The van der Waals surface area contributed by atoms with Gasteiger partial charge in [0.05, 0.1) is 4.88 Å². The highest BCUT2D eigenvalue weighted by atomic mass is 32.1. The van der Waals surface area contributed by atoms with Crippen molar-refractivity contribution in [1.29, 1.82) is 0 Å². The Labute approximate surface area is 89.2 Å². The van der Waals surface area contributed by atoms with E-state index >= 15 is 0 Å². The fraction of sp³-hybridized carbons (Fsp3) is 0.417. The van der Waals surface area contributed by atoms with Gasteiger partial charge in [-0.3, -0.25) is 4.79 Å². The van der Waals surface area contributed by atoms with E-state index in [2.05, 4.69) is 12.8 Å². The Kier molecular flexibility index (Phi) is 4.42. The molecule has 1 rings (SSSR count). The molecular formula is C12H14OS. The maximum absolute atomic E-state index is 11.7. The van der Waals surface area contributed by atoms with Crippen molar-refractivity contribution in [3.63, 3.8) is 0 Å². The van der Waals surface area contributed by atoms with Crippen LogP contribution in [-0.2, 0) is 6.42 Å². The molecule has 0 spiro atoms. The summed E-state index contributed by atoms with van der Waals surface area (Å²) in [4.78, 5) is 12.6. The number of Topliss-reactive ketones (excluding diaryl/α,β-unsaturated/α-hetero) is 1. The van der Waals surface area contributed by atoms with Gasteiger partial charge in [0.1, 0.15) is 0 Å². The van der Waals surface area contributed by atoms with Gasteiger partial charge in [-0.05, 0) is 29.9 Å². The molecule has 0 bridgehead atoms. The first-order valence-corrected chi connectivity index (χ1v) is 5.70. The largest absolute Gasteiger partial charge is 0.293 e. The van der Waals surface area contributed by atoms with Crippen molar-refractivity contribution in [3.05, 3.63) is 21.9 Å². The van der Waals surface area contributed by atoms with Crippen LogP contribution >= 0.6 is 11.3 Å². The summed E-state index contributed by atoms with van der Waals surface area (Å²) in [6.07, 6.45) is 8.14. The van der Waals surface area contributed by atoms with Crippen LogP contribution in [0.25, 0.3) is 0 Å². The quantitative estimate of drug-likeness (QED) is 0.410. The maximum atomic E-state index is 11.7. The average Bonchev–Trinajstić information content (AvgIpc) is 2.65. The smallest absolute Gasteiger partial charge is 0.173 e. The summed E-state index contributed by atoms with van der Waals surface area (Å²) in [6.45, 7) is 2.07. The van der Waals surface area contributed by atoms with Crippen LogP contribution in [0.4, 0.5) is 0 Å². The minimum atomic E-state index is 0.243. The van der Waals surface area contributed by atoms with Crippen molar-refractivity contribution in [2.75, 3.05) is 0 Å². The maximum Gasteiger partial charge on any atom is 0.173 e. The van der Waals surface area contributed by atoms with Gasteiger partial charge in [-0.25, -0.2) is 0 Å². The zero-order chi connectivity index (χ0) is 10.4. The molecule has 0 atom stereocenters. The van der Waals surface area contributed by atoms with E-state index in [0.717, 1.165) is 17.7 Å². The molecule has 0 aromatic carbocycles. The Morgan fingerprint density at radius 3 is 3.07 bits per heavy atom. The lowest BCUT2D eigenvalue weighted by Gasteiger charge is -1.99. The molecule has 0 radical (unpaired) electrons. The van der Waals surface area contributed by atoms with Crippen molar-refractivity contribution < 1.29 is 4.79 Å². The van der Waals surface area contributed by atoms with E-state index in [9.17, 15) is 4.79 Å². The van der Waals surface area contributed by atoms with Gasteiger partial charge in [0.25, 0.3) is 0 Å². The summed E-state index contributed by atoms with van der Waals surface area (Å²) in [7, 11) is 0. The Hall–Kier alpha value is -1.07. The monoisotopic (exact) mass is 206 g/mol. The third-order valence-corrected chi connectivity index (χ3v) is 3.10. The lowest BCUT2D eigenvalue weighted by molar-refractivity contribution is 0.0984. The number of carbonyl (C=O) groups is 1. The first-order valence-electron chi connectivity index (χ1n) is 4.82. The average molecular weight is 206 g/mol. The third-order valence-electron chi connectivity index (χ3n) is 2.11. The summed E-state index contributed by atoms with van der Waals surface area (Å²) in [5, 5.41) is 1.98. The van der Waals surface area contributed by atoms with E-state index in [1.165, 1.54) is 16.9 Å². The van der Waals surface area contributed by atoms with E-state index in [1.807, 2.05) is 11.4 Å². The van der Waals surface area contributed by atoms with Crippen LogP contribution in [0.1, 0.15) is 41.4 Å². The Morgan fingerprint density at radius 1 is 1.64 bits per heavy atom. The van der Waals surface area contributed by atoms with Crippen molar-refractivity contribution in [2.24, 2.45) is 0 Å². The number of terminal acetylenes is 1. The van der Waals surface area contributed by atoms with Crippen LogP contribution in [0.2, 0.25) is 0 Å². The van der Waals surface area contributed by atoms with Crippen LogP contribution in [0, 0.1) is 12.3 Å². The van der Waals surface area contributed by atoms with Crippen LogP contribution in [0.5, 0.6) is 0 Å². The minimum absolute atomic E-state index is 0.243. The number of hydrogen-bond donors (Lipinski definition) is 0. The number of aryl methyl sites for hydroxylation is 1. The van der Waals surface area contributed by atoms with Gasteiger partial charge in [-0.15, -0.1) is 23.7 Å². The number of hydrogen-bond acceptors (Lipinski definition) is 2. The standard InChI is InChI=1S/C12H14OS/c1-3-5-6-7-11(13)12-10(4-2)8-9-14-12/h1,8-9H,4-7H2,2H3. The number of unbranched alkanes of at least 4 members (excludes halogenated alkanes) is 1. The molecule has 0 unspecified atom stereocenters. The van der Waals surface area contributed by atoms with Crippen LogP contribution in [-0.4, -0.2) is 5.78 Å². The van der Waals surface area contributed by atoms with Gasteiger partial charge in [0.15, 0.2) is 5.78 Å². The van der Waals surface area contributed by atoms with Crippen molar-refractivity contribution in [2.45, 2.75) is 32.6 Å². The Bertz CT molecular complexity index is 343. The van der Waals surface area contributed by atoms with E-state index in [1.54, 1.807) is 0 Å². The van der Waals surface area contributed by atoms with Crippen molar-refractivity contribution >= 4 is 17.1 Å². The molecule has 0 fully saturated rings. The normalized spacial score (nSPS) is 9.71. The topological polar surface area (TPSA) is 17.1 Å². The number of thiophene rings is 1. The van der Waals surface area contributed by atoms with Crippen LogP contribution in [0.15, 0.2) is 11.4 Å². The molecule has 0 N–H and O–H groups in total. The number of ketones is 1. The summed E-state index contributed by atoms with van der Waals surface area (Å²) in [5.41, 5.74) is 1.17. The van der Waals surface area contributed by atoms with Crippen LogP contribution in [0.3, 0.4) is 0 Å². The molecule has 14 heavy (non-hydrogen) atoms. The highest BCUT2D eigenvalue weighted by molar-refractivity contribution is 7.12. The molecule has 1 aromatic rings. The Balaban J connectivity index is 2.57. The van der Waals surface area contributed by atoms with Gasteiger partial charge in [0, 0.05) is 12.8 Å². The summed E-state index contributed by atoms with van der Waals surface area (Å²) in [6, 6.07) is 2.03. The van der Waals surface area contributed by atoms with E-state index in [4.69, 9.17) is 6.42 Å². The molecule has 0 aliphatic rings. The first kappa shape index (κ1) is 11.0. The summed E-state index contributed by atoms with van der Waals surface area (Å²) >= 11 is 1.54. The van der Waals surface area contributed by atoms with E-state index < -0.39 is 0 Å². The first-order chi connectivity index (χ1) is 6.79. The van der Waals surface area contributed by atoms with Crippen LogP contribution < -0.4 is 0 Å². The molecule has 0 aliphatic carbocycles. The fourth-order valence-corrected chi connectivity index (χ4v) is 2.29. The fourth-order valence-electron chi connectivity index (χ4n) is 1.32. The molecule has 1 heterocycles. The second kappa shape index (κ2) is 5.62. The molecule has 2 heteroatoms. The lowest BCUT2D eigenvalue weighted by atomic mass is 10.1.